The average Bonchev–Trinajstić information content (AvgIpc) is 3.27. The summed E-state index contributed by atoms with van der Waals surface area (Å²) in [6.07, 6.45) is -3.55. The van der Waals surface area contributed by atoms with Crippen LogP contribution in [0.5, 0.6) is 0 Å². The molecule has 2 atom stereocenters. The summed E-state index contributed by atoms with van der Waals surface area (Å²) in [4.78, 5) is 0. The van der Waals surface area contributed by atoms with Gasteiger partial charge in [-0.1, -0.05) is 29.8 Å². The Bertz CT molecular complexity index is 703. The van der Waals surface area contributed by atoms with Crippen molar-refractivity contribution in [1.82, 2.24) is 10.2 Å². The Morgan fingerprint density at radius 3 is 2.64 bits per heavy atom. The third-order valence-electron chi connectivity index (χ3n) is 3.86. The van der Waals surface area contributed by atoms with Crippen LogP contribution >= 0.6 is 11.6 Å². The van der Waals surface area contributed by atoms with Gasteiger partial charge >= 0.3 is 6.18 Å². The molecular formula is C15H13ClF3N3. The molecule has 1 aromatic carbocycles. The first kappa shape index (κ1) is 15.1. The molecule has 0 spiro atoms. The zero-order chi connectivity index (χ0) is 15.9. The van der Waals surface area contributed by atoms with Crippen molar-refractivity contribution in [3.05, 3.63) is 52.2 Å². The van der Waals surface area contributed by atoms with Crippen LogP contribution in [-0.2, 0) is 6.18 Å². The molecule has 1 heterocycles. The Hall–Kier alpha value is -1.82. The highest BCUT2D eigenvalue weighted by Gasteiger charge is 2.42. The molecule has 3 rings (SSSR count). The highest BCUT2D eigenvalue weighted by Crippen LogP contribution is 2.56. The predicted molar refractivity (Wildman–Crippen MR) is 78.1 cm³/mol. The van der Waals surface area contributed by atoms with E-state index in [1.54, 1.807) is 19.2 Å². The summed E-state index contributed by atoms with van der Waals surface area (Å²) in [5.41, 5.74) is 0.968. The molecule has 1 aromatic heterocycles. The third kappa shape index (κ3) is 2.88. The van der Waals surface area contributed by atoms with Gasteiger partial charge in [0.2, 0.25) is 0 Å². The summed E-state index contributed by atoms with van der Waals surface area (Å²) in [6, 6.07) is 7.21. The molecule has 1 N–H and O–H groups in total. The minimum atomic E-state index is -4.32. The van der Waals surface area contributed by atoms with Crippen LogP contribution in [0.1, 0.15) is 34.9 Å². The van der Waals surface area contributed by atoms with Crippen molar-refractivity contribution >= 4 is 17.4 Å². The maximum absolute atomic E-state index is 12.8. The standard InChI is InChI=1S/C15H13ClF3N3/c1-20-14-12(7-13(16)21-22-14)11-6-10(11)8-3-2-4-9(5-8)15(17,18)19/h2-5,7,10-11H,6H2,1H3,(H,20,22). The Kier molecular flexibility index (Phi) is 3.72. The zero-order valence-corrected chi connectivity index (χ0v) is 12.4. The summed E-state index contributed by atoms with van der Waals surface area (Å²) in [7, 11) is 1.73. The molecule has 7 heteroatoms. The number of benzene rings is 1. The van der Waals surface area contributed by atoms with Gasteiger partial charge < -0.3 is 5.32 Å². The van der Waals surface area contributed by atoms with Crippen molar-refractivity contribution in [2.24, 2.45) is 0 Å². The second kappa shape index (κ2) is 5.43. The number of anilines is 1. The van der Waals surface area contributed by atoms with Gasteiger partial charge in [0.05, 0.1) is 5.56 Å². The van der Waals surface area contributed by atoms with Gasteiger partial charge in [0, 0.05) is 12.6 Å². The van der Waals surface area contributed by atoms with Crippen molar-refractivity contribution < 1.29 is 13.2 Å². The number of hydrogen-bond acceptors (Lipinski definition) is 3. The van der Waals surface area contributed by atoms with Gasteiger partial charge in [0.1, 0.15) is 0 Å². The second-order valence-electron chi connectivity index (χ2n) is 5.29. The average molecular weight is 328 g/mol. The lowest BCUT2D eigenvalue weighted by molar-refractivity contribution is -0.137. The molecule has 1 aliphatic rings. The van der Waals surface area contributed by atoms with E-state index >= 15 is 0 Å². The molecule has 1 aliphatic carbocycles. The van der Waals surface area contributed by atoms with Crippen LogP contribution < -0.4 is 5.32 Å². The highest BCUT2D eigenvalue weighted by atomic mass is 35.5. The lowest BCUT2D eigenvalue weighted by Crippen LogP contribution is -2.05. The van der Waals surface area contributed by atoms with Gasteiger partial charge in [-0.2, -0.15) is 13.2 Å². The minimum absolute atomic E-state index is 0.0506. The number of alkyl halides is 3. The summed E-state index contributed by atoms with van der Waals surface area (Å²) in [5.74, 6) is 0.775. The topological polar surface area (TPSA) is 37.8 Å². The summed E-state index contributed by atoms with van der Waals surface area (Å²) >= 11 is 5.87. The van der Waals surface area contributed by atoms with Crippen LogP contribution in [0.15, 0.2) is 30.3 Å². The second-order valence-corrected chi connectivity index (χ2v) is 5.68. The maximum Gasteiger partial charge on any atom is 0.416 e. The maximum atomic E-state index is 12.8. The zero-order valence-electron chi connectivity index (χ0n) is 11.7. The van der Waals surface area contributed by atoms with Gasteiger partial charge in [0.15, 0.2) is 11.0 Å². The van der Waals surface area contributed by atoms with Gasteiger partial charge in [-0.3, -0.25) is 0 Å². The van der Waals surface area contributed by atoms with Crippen LogP contribution in [0, 0.1) is 0 Å². The molecule has 116 valence electrons. The van der Waals surface area contributed by atoms with Gasteiger partial charge in [-0.15, -0.1) is 10.2 Å². The number of nitrogens with zero attached hydrogens (tertiary/aromatic N) is 2. The fourth-order valence-corrected chi connectivity index (χ4v) is 2.87. The van der Waals surface area contributed by atoms with Crippen molar-refractivity contribution in [2.45, 2.75) is 24.4 Å². The van der Waals surface area contributed by atoms with Gasteiger partial charge in [0.25, 0.3) is 0 Å². The molecule has 0 saturated heterocycles. The van der Waals surface area contributed by atoms with Gasteiger partial charge in [-0.05, 0) is 36.0 Å². The summed E-state index contributed by atoms with van der Waals surface area (Å²) in [5, 5.41) is 11.0. The fourth-order valence-electron chi connectivity index (χ4n) is 2.71. The van der Waals surface area contributed by atoms with E-state index in [9.17, 15) is 13.2 Å². The summed E-state index contributed by atoms with van der Waals surface area (Å²) < 4.78 is 38.4. The minimum Gasteiger partial charge on any atom is -0.371 e. The van der Waals surface area contributed by atoms with Gasteiger partial charge in [-0.25, -0.2) is 0 Å². The number of rotatable bonds is 3. The van der Waals surface area contributed by atoms with E-state index < -0.39 is 11.7 Å². The first-order chi connectivity index (χ1) is 10.4. The molecule has 0 bridgehead atoms. The lowest BCUT2D eigenvalue weighted by Gasteiger charge is -2.10. The van der Waals surface area contributed by atoms with Crippen LogP contribution in [0.2, 0.25) is 5.15 Å². The Morgan fingerprint density at radius 2 is 1.95 bits per heavy atom. The van der Waals surface area contributed by atoms with Crippen molar-refractivity contribution in [2.75, 3.05) is 12.4 Å². The molecule has 2 unspecified atom stereocenters. The molecular weight excluding hydrogens is 315 g/mol. The number of aromatic nitrogens is 2. The molecule has 1 saturated carbocycles. The quantitative estimate of drug-likeness (QED) is 0.904. The van der Waals surface area contributed by atoms with E-state index in [4.69, 9.17) is 11.6 Å². The number of halogens is 4. The van der Waals surface area contributed by atoms with Crippen molar-refractivity contribution in [3.63, 3.8) is 0 Å². The summed E-state index contributed by atoms with van der Waals surface area (Å²) in [6.45, 7) is 0. The van der Waals surface area contributed by atoms with E-state index in [1.165, 1.54) is 12.1 Å². The highest BCUT2D eigenvalue weighted by molar-refractivity contribution is 6.29. The SMILES string of the molecule is CNc1nnc(Cl)cc1C1CC1c1cccc(C(F)(F)F)c1. The smallest absolute Gasteiger partial charge is 0.371 e. The molecule has 0 amide bonds. The molecule has 0 radical (unpaired) electrons. The van der Waals surface area contributed by atoms with E-state index in [-0.39, 0.29) is 17.0 Å². The van der Waals surface area contributed by atoms with Crippen LogP contribution in [0.25, 0.3) is 0 Å². The molecule has 3 nitrogen and oxygen atoms in total. The Labute approximate surface area is 130 Å². The van der Waals surface area contributed by atoms with Crippen molar-refractivity contribution in [3.8, 4) is 0 Å². The molecule has 0 aliphatic heterocycles. The third-order valence-corrected chi connectivity index (χ3v) is 4.05. The van der Waals surface area contributed by atoms with Crippen LogP contribution in [0.4, 0.5) is 19.0 Å². The largest absolute Gasteiger partial charge is 0.416 e. The van der Waals surface area contributed by atoms with E-state index in [0.717, 1.165) is 18.1 Å². The first-order valence-electron chi connectivity index (χ1n) is 6.78. The lowest BCUT2D eigenvalue weighted by atomic mass is 10.0. The molecule has 1 fully saturated rings. The fraction of sp³-hybridized carbons (Fsp3) is 0.333. The van der Waals surface area contributed by atoms with Crippen LogP contribution in [0.3, 0.4) is 0 Å². The van der Waals surface area contributed by atoms with E-state index in [0.29, 0.717) is 11.4 Å². The molecule has 22 heavy (non-hydrogen) atoms. The van der Waals surface area contributed by atoms with E-state index in [1.807, 2.05) is 0 Å². The Balaban J connectivity index is 1.88. The normalized spacial score (nSPS) is 20.8. The monoisotopic (exact) mass is 327 g/mol. The van der Waals surface area contributed by atoms with E-state index in [2.05, 4.69) is 15.5 Å². The molecule has 2 aromatic rings. The Morgan fingerprint density at radius 1 is 1.18 bits per heavy atom. The number of hydrogen-bond donors (Lipinski definition) is 1. The number of nitrogens with one attached hydrogen (secondary N) is 1. The first-order valence-corrected chi connectivity index (χ1v) is 7.16. The van der Waals surface area contributed by atoms with Crippen molar-refractivity contribution in [1.29, 1.82) is 0 Å². The predicted octanol–water partition coefficient (Wildman–Crippen LogP) is 4.46. The van der Waals surface area contributed by atoms with Crippen LogP contribution in [-0.4, -0.2) is 17.2 Å².